The lowest BCUT2D eigenvalue weighted by Gasteiger charge is -2.43. The molecule has 100 valence electrons. The third kappa shape index (κ3) is 2.36. The molecule has 3 heterocycles. The van der Waals surface area contributed by atoms with Crippen molar-refractivity contribution in [3.05, 3.63) is 21.9 Å². The highest BCUT2D eigenvalue weighted by molar-refractivity contribution is 7.08. The van der Waals surface area contributed by atoms with Gasteiger partial charge in [0.25, 0.3) is 0 Å². The number of fused-ring (bicyclic) bond motifs is 1. The van der Waals surface area contributed by atoms with Crippen LogP contribution in [0.4, 0.5) is 0 Å². The fourth-order valence-corrected chi connectivity index (χ4v) is 4.35. The fourth-order valence-electron chi connectivity index (χ4n) is 3.50. The van der Waals surface area contributed by atoms with Crippen molar-refractivity contribution < 1.29 is 0 Å². The maximum atomic E-state index is 2.74. The summed E-state index contributed by atoms with van der Waals surface area (Å²) in [5, 5.41) is 4.62. The summed E-state index contributed by atoms with van der Waals surface area (Å²) in [6.45, 7) is 9.68. The zero-order chi connectivity index (χ0) is 12.5. The molecule has 2 nitrogen and oxygen atoms in total. The van der Waals surface area contributed by atoms with E-state index in [1.807, 2.05) is 11.3 Å². The molecular formula is C15H24N2S. The van der Waals surface area contributed by atoms with Gasteiger partial charge in [0.15, 0.2) is 0 Å². The second-order valence-electron chi connectivity index (χ2n) is 5.86. The second kappa shape index (κ2) is 5.32. The van der Waals surface area contributed by atoms with Gasteiger partial charge >= 0.3 is 0 Å². The van der Waals surface area contributed by atoms with Crippen molar-refractivity contribution in [1.82, 2.24) is 9.80 Å². The summed E-state index contributed by atoms with van der Waals surface area (Å²) < 4.78 is 0. The molecule has 1 aromatic rings. The van der Waals surface area contributed by atoms with Gasteiger partial charge in [-0.3, -0.25) is 9.80 Å². The molecule has 0 aliphatic carbocycles. The third-order valence-corrected chi connectivity index (χ3v) is 5.62. The maximum Gasteiger partial charge on any atom is 0.0248 e. The zero-order valence-corrected chi connectivity index (χ0v) is 12.4. The molecular weight excluding hydrogens is 240 g/mol. The Kier molecular flexibility index (Phi) is 3.73. The van der Waals surface area contributed by atoms with Gasteiger partial charge in [-0.05, 0) is 54.6 Å². The van der Waals surface area contributed by atoms with Crippen LogP contribution in [0.1, 0.15) is 37.3 Å². The van der Waals surface area contributed by atoms with Crippen molar-refractivity contribution in [2.24, 2.45) is 0 Å². The first kappa shape index (κ1) is 12.6. The lowest BCUT2D eigenvalue weighted by Crippen LogP contribution is -2.55. The van der Waals surface area contributed by atoms with Crippen LogP contribution in [0.25, 0.3) is 0 Å². The smallest absolute Gasteiger partial charge is 0.0248 e. The number of rotatable bonds is 3. The summed E-state index contributed by atoms with van der Waals surface area (Å²) in [7, 11) is 0. The number of thiophene rings is 1. The highest BCUT2D eigenvalue weighted by atomic mass is 32.1. The highest BCUT2D eigenvalue weighted by Gasteiger charge is 2.35. The number of aryl methyl sites for hydroxylation is 1. The van der Waals surface area contributed by atoms with Crippen molar-refractivity contribution >= 4 is 11.3 Å². The topological polar surface area (TPSA) is 6.48 Å². The van der Waals surface area contributed by atoms with Crippen LogP contribution >= 0.6 is 11.3 Å². The molecule has 0 saturated carbocycles. The summed E-state index contributed by atoms with van der Waals surface area (Å²) in [5.41, 5.74) is 3.02. The van der Waals surface area contributed by atoms with E-state index in [0.29, 0.717) is 0 Å². The Hall–Kier alpha value is -0.380. The average Bonchev–Trinajstić information content (AvgIpc) is 2.98. The Morgan fingerprint density at radius 3 is 2.94 bits per heavy atom. The first-order valence-electron chi connectivity index (χ1n) is 7.27. The molecule has 2 aliphatic rings. The normalized spacial score (nSPS) is 29.7. The minimum atomic E-state index is 0.763. The molecule has 0 radical (unpaired) electrons. The van der Waals surface area contributed by atoms with Gasteiger partial charge in [-0.1, -0.05) is 6.92 Å². The van der Waals surface area contributed by atoms with Crippen molar-refractivity contribution in [3.8, 4) is 0 Å². The molecule has 3 heteroatoms. The lowest BCUT2D eigenvalue weighted by atomic mass is 10.0. The highest BCUT2D eigenvalue weighted by Crippen LogP contribution is 2.28. The SMILES string of the molecule is CCC1CN2CCCC2CN1Cc1cscc1C. The van der Waals surface area contributed by atoms with E-state index in [9.17, 15) is 0 Å². The Balaban J connectivity index is 1.71. The molecule has 2 atom stereocenters. The number of piperazine rings is 1. The van der Waals surface area contributed by atoms with Crippen LogP contribution in [-0.2, 0) is 6.54 Å². The van der Waals surface area contributed by atoms with E-state index in [0.717, 1.165) is 18.6 Å². The largest absolute Gasteiger partial charge is 0.298 e. The summed E-state index contributed by atoms with van der Waals surface area (Å²) in [6.07, 6.45) is 4.11. The summed E-state index contributed by atoms with van der Waals surface area (Å²) in [5.74, 6) is 0. The Labute approximate surface area is 115 Å². The molecule has 1 aromatic heterocycles. The van der Waals surface area contributed by atoms with Crippen LogP contribution in [0, 0.1) is 6.92 Å². The number of hydrogen-bond acceptors (Lipinski definition) is 3. The van der Waals surface area contributed by atoms with E-state index in [1.165, 1.54) is 44.5 Å². The molecule has 2 aliphatic heterocycles. The predicted octanol–water partition coefficient (Wildman–Crippen LogP) is 3.12. The minimum absolute atomic E-state index is 0.763. The van der Waals surface area contributed by atoms with E-state index in [4.69, 9.17) is 0 Å². The van der Waals surface area contributed by atoms with Crippen LogP contribution in [0.2, 0.25) is 0 Å². The predicted molar refractivity (Wildman–Crippen MR) is 78.1 cm³/mol. The standard InChI is InChI=1S/C15H24N2S/c1-3-14-8-16-6-4-5-15(16)9-17(14)7-13-11-18-10-12(13)2/h10-11,14-15H,3-9H2,1-2H3. The van der Waals surface area contributed by atoms with Gasteiger partial charge in [0, 0.05) is 31.7 Å². The van der Waals surface area contributed by atoms with Crippen LogP contribution in [0.5, 0.6) is 0 Å². The molecule has 3 rings (SSSR count). The zero-order valence-electron chi connectivity index (χ0n) is 11.6. The summed E-state index contributed by atoms with van der Waals surface area (Å²) in [4.78, 5) is 5.46. The van der Waals surface area contributed by atoms with E-state index < -0.39 is 0 Å². The molecule has 0 amide bonds. The second-order valence-corrected chi connectivity index (χ2v) is 6.61. The Bertz CT molecular complexity index is 401. The third-order valence-electron chi connectivity index (χ3n) is 4.71. The van der Waals surface area contributed by atoms with E-state index in [1.54, 1.807) is 5.56 Å². The molecule has 0 bridgehead atoms. The molecule has 0 N–H and O–H groups in total. The van der Waals surface area contributed by atoms with Crippen LogP contribution in [-0.4, -0.2) is 41.5 Å². The molecule has 2 saturated heterocycles. The minimum Gasteiger partial charge on any atom is -0.298 e. The van der Waals surface area contributed by atoms with Crippen molar-refractivity contribution in [2.75, 3.05) is 19.6 Å². The monoisotopic (exact) mass is 264 g/mol. The van der Waals surface area contributed by atoms with Crippen molar-refractivity contribution in [1.29, 1.82) is 0 Å². The van der Waals surface area contributed by atoms with Gasteiger partial charge in [-0.2, -0.15) is 11.3 Å². The van der Waals surface area contributed by atoms with Gasteiger partial charge in [-0.25, -0.2) is 0 Å². The maximum absolute atomic E-state index is 2.74. The van der Waals surface area contributed by atoms with Gasteiger partial charge in [-0.15, -0.1) is 0 Å². The first-order valence-corrected chi connectivity index (χ1v) is 8.22. The van der Waals surface area contributed by atoms with E-state index >= 15 is 0 Å². The summed E-state index contributed by atoms with van der Waals surface area (Å²) in [6, 6.07) is 1.60. The van der Waals surface area contributed by atoms with Crippen molar-refractivity contribution in [3.63, 3.8) is 0 Å². The van der Waals surface area contributed by atoms with Gasteiger partial charge in [0.05, 0.1) is 0 Å². The van der Waals surface area contributed by atoms with Crippen LogP contribution in [0.15, 0.2) is 10.8 Å². The lowest BCUT2D eigenvalue weighted by molar-refractivity contribution is 0.0437. The fraction of sp³-hybridized carbons (Fsp3) is 0.733. The number of hydrogen-bond donors (Lipinski definition) is 0. The summed E-state index contributed by atoms with van der Waals surface area (Å²) >= 11 is 1.85. The molecule has 0 spiro atoms. The molecule has 0 aromatic carbocycles. The molecule has 2 unspecified atom stereocenters. The number of nitrogens with zero attached hydrogens (tertiary/aromatic N) is 2. The Morgan fingerprint density at radius 2 is 2.22 bits per heavy atom. The van der Waals surface area contributed by atoms with Crippen molar-refractivity contribution in [2.45, 2.75) is 51.7 Å². The van der Waals surface area contributed by atoms with Gasteiger partial charge < -0.3 is 0 Å². The van der Waals surface area contributed by atoms with Gasteiger partial charge in [0.2, 0.25) is 0 Å². The Morgan fingerprint density at radius 1 is 1.33 bits per heavy atom. The van der Waals surface area contributed by atoms with E-state index in [2.05, 4.69) is 34.4 Å². The van der Waals surface area contributed by atoms with Crippen LogP contribution in [0.3, 0.4) is 0 Å². The average molecular weight is 264 g/mol. The van der Waals surface area contributed by atoms with Gasteiger partial charge in [0.1, 0.15) is 0 Å². The van der Waals surface area contributed by atoms with Crippen LogP contribution < -0.4 is 0 Å². The molecule has 2 fully saturated rings. The molecule has 18 heavy (non-hydrogen) atoms. The quantitative estimate of drug-likeness (QED) is 0.827. The first-order chi connectivity index (χ1) is 8.78. The van der Waals surface area contributed by atoms with E-state index in [-0.39, 0.29) is 0 Å².